The zero-order valence-electron chi connectivity index (χ0n) is 15.8. The van der Waals surface area contributed by atoms with Gasteiger partial charge in [-0.3, -0.25) is 9.98 Å². The lowest BCUT2D eigenvalue weighted by atomic mass is 10.0. The van der Waals surface area contributed by atoms with Crippen LogP contribution in [0.5, 0.6) is 0 Å². The number of allylic oxidation sites excluding steroid dienone is 1. The summed E-state index contributed by atoms with van der Waals surface area (Å²) in [7, 11) is 0. The highest BCUT2D eigenvalue weighted by Crippen LogP contribution is 2.26. The highest BCUT2D eigenvalue weighted by molar-refractivity contribution is 5.87. The van der Waals surface area contributed by atoms with Crippen LogP contribution in [0.1, 0.15) is 25.0 Å². The normalized spacial score (nSPS) is 11.1. The number of hydrogen-bond acceptors (Lipinski definition) is 4. The van der Waals surface area contributed by atoms with Crippen molar-refractivity contribution >= 4 is 17.6 Å². The number of rotatable bonds is 5. The molecule has 4 nitrogen and oxygen atoms in total. The van der Waals surface area contributed by atoms with Crippen LogP contribution in [0.15, 0.2) is 84.1 Å². The van der Waals surface area contributed by atoms with Crippen molar-refractivity contribution in [2.75, 3.05) is 5.73 Å². The van der Waals surface area contributed by atoms with E-state index in [0.717, 1.165) is 22.3 Å². The third kappa shape index (κ3) is 5.82. The summed E-state index contributed by atoms with van der Waals surface area (Å²) in [6.07, 6.45) is 7.02. The molecule has 0 radical (unpaired) electrons. The van der Waals surface area contributed by atoms with Gasteiger partial charge in [0.15, 0.2) is 0 Å². The Morgan fingerprint density at radius 1 is 1.00 bits per heavy atom. The number of pyridine rings is 1. The summed E-state index contributed by atoms with van der Waals surface area (Å²) in [6.45, 7) is 4.57. The molecule has 0 bridgehead atoms. The molecule has 0 saturated heterocycles. The fourth-order valence-corrected chi connectivity index (χ4v) is 2.49. The van der Waals surface area contributed by atoms with E-state index < -0.39 is 0 Å². The van der Waals surface area contributed by atoms with Crippen molar-refractivity contribution in [2.45, 2.75) is 20.4 Å². The van der Waals surface area contributed by atoms with Gasteiger partial charge in [0.05, 0.1) is 6.54 Å². The summed E-state index contributed by atoms with van der Waals surface area (Å²) in [5.41, 5.74) is 17.6. The fourth-order valence-electron chi connectivity index (χ4n) is 2.49. The van der Waals surface area contributed by atoms with Crippen LogP contribution in [-0.2, 0) is 6.54 Å². The van der Waals surface area contributed by atoms with Crippen LogP contribution < -0.4 is 11.5 Å². The summed E-state index contributed by atoms with van der Waals surface area (Å²) >= 11 is 0. The van der Waals surface area contributed by atoms with Gasteiger partial charge in [-0.1, -0.05) is 56.3 Å². The van der Waals surface area contributed by atoms with Crippen LogP contribution in [0.2, 0.25) is 0 Å². The Bertz CT molecular complexity index is 885. The van der Waals surface area contributed by atoms with Crippen molar-refractivity contribution in [1.29, 1.82) is 0 Å². The number of aromatic nitrogens is 1. The first kappa shape index (κ1) is 19.9. The second kappa shape index (κ2) is 10.6. The Morgan fingerprint density at radius 3 is 2.48 bits per heavy atom. The molecule has 0 unspecified atom stereocenters. The average molecular weight is 358 g/mol. The summed E-state index contributed by atoms with van der Waals surface area (Å²) in [6, 6.07) is 19.9. The lowest BCUT2D eigenvalue weighted by molar-refractivity contribution is 1.05. The quantitative estimate of drug-likeness (QED) is 0.501. The van der Waals surface area contributed by atoms with Crippen LogP contribution in [-0.4, -0.2) is 11.2 Å². The first-order chi connectivity index (χ1) is 13.2. The van der Waals surface area contributed by atoms with Gasteiger partial charge in [-0.15, -0.1) is 0 Å². The number of anilines is 1. The minimum Gasteiger partial charge on any atom is -0.398 e. The van der Waals surface area contributed by atoms with Gasteiger partial charge in [-0.05, 0) is 41.0 Å². The molecule has 1 heterocycles. The zero-order chi connectivity index (χ0) is 19.5. The Balaban J connectivity index is 0.00000126. The second-order valence-electron chi connectivity index (χ2n) is 5.64. The maximum absolute atomic E-state index is 6.20. The predicted octanol–water partition coefficient (Wildman–Crippen LogP) is 4.93. The van der Waals surface area contributed by atoms with Crippen LogP contribution in [0.4, 0.5) is 5.69 Å². The Labute approximate surface area is 161 Å². The molecule has 0 amide bonds. The predicted molar refractivity (Wildman–Crippen MR) is 116 cm³/mol. The van der Waals surface area contributed by atoms with E-state index in [1.807, 2.05) is 62.4 Å². The van der Waals surface area contributed by atoms with Crippen LogP contribution >= 0.6 is 0 Å². The molecule has 3 aromatic rings. The van der Waals surface area contributed by atoms with Crippen molar-refractivity contribution in [3.05, 3.63) is 90.3 Å². The summed E-state index contributed by atoms with van der Waals surface area (Å²) in [5, 5.41) is 0. The van der Waals surface area contributed by atoms with Gasteiger partial charge in [0, 0.05) is 35.6 Å². The molecule has 138 valence electrons. The molecule has 0 saturated carbocycles. The first-order valence-corrected chi connectivity index (χ1v) is 9.04. The standard InChI is InChI=1S/C21H20N4.C2H6/c22-20-9-8-18(17-6-2-1-3-7-17)13-19(20)21(23)10-12-25-15-16-5-4-11-24-14-16;1-2/h1-14H,15,22-23H2;1-2H3/b21-10-,25-12?;. The largest absolute Gasteiger partial charge is 0.398 e. The molecular formula is C23H26N4. The summed E-state index contributed by atoms with van der Waals surface area (Å²) in [4.78, 5) is 8.42. The Hall–Kier alpha value is -3.40. The highest BCUT2D eigenvalue weighted by Gasteiger charge is 2.05. The molecule has 0 aliphatic heterocycles. The first-order valence-electron chi connectivity index (χ1n) is 9.04. The van der Waals surface area contributed by atoms with Gasteiger partial charge in [0.25, 0.3) is 0 Å². The molecular weight excluding hydrogens is 332 g/mol. The highest BCUT2D eigenvalue weighted by atomic mass is 14.7. The van der Waals surface area contributed by atoms with E-state index in [1.165, 1.54) is 0 Å². The van der Waals surface area contributed by atoms with E-state index in [1.54, 1.807) is 24.7 Å². The number of aliphatic imine (C=N–C) groups is 1. The monoisotopic (exact) mass is 358 g/mol. The minimum atomic E-state index is 0.567. The van der Waals surface area contributed by atoms with E-state index in [9.17, 15) is 0 Å². The Kier molecular flexibility index (Phi) is 7.79. The van der Waals surface area contributed by atoms with Crippen LogP contribution in [0.25, 0.3) is 16.8 Å². The van der Waals surface area contributed by atoms with Gasteiger partial charge >= 0.3 is 0 Å². The molecule has 2 aromatic carbocycles. The Morgan fingerprint density at radius 2 is 1.78 bits per heavy atom. The maximum atomic E-state index is 6.20. The van der Waals surface area contributed by atoms with Gasteiger partial charge < -0.3 is 11.5 Å². The molecule has 4 heteroatoms. The topological polar surface area (TPSA) is 77.3 Å². The van der Waals surface area contributed by atoms with Crippen molar-refractivity contribution in [3.63, 3.8) is 0 Å². The SMILES string of the molecule is CC.N/C(=C\C=NCc1cccnc1)c1cc(-c2ccccc2)ccc1N. The van der Waals surface area contributed by atoms with E-state index in [4.69, 9.17) is 11.5 Å². The molecule has 0 spiro atoms. The van der Waals surface area contributed by atoms with E-state index >= 15 is 0 Å². The lowest BCUT2D eigenvalue weighted by Crippen LogP contribution is -2.02. The van der Waals surface area contributed by atoms with Crippen molar-refractivity contribution < 1.29 is 0 Å². The third-order valence-corrected chi connectivity index (χ3v) is 3.83. The van der Waals surface area contributed by atoms with Crippen molar-refractivity contribution in [2.24, 2.45) is 10.7 Å². The molecule has 3 rings (SSSR count). The van der Waals surface area contributed by atoms with Gasteiger partial charge in [-0.2, -0.15) is 0 Å². The summed E-state index contributed by atoms with van der Waals surface area (Å²) < 4.78 is 0. The van der Waals surface area contributed by atoms with Gasteiger partial charge in [0.1, 0.15) is 0 Å². The molecule has 1 aromatic heterocycles. The number of nitrogen functional groups attached to an aromatic ring is 1. The fraction of sp³-hybridized carbons (Fsp3) is 0.130. The zero-order valence-corrected chi connectivity index (χ0v) is 15.8. The number of hydrogen-bond donors (Lipinski definition) is 2. The third-order valence-electron chi connectivity index (χ3n) is 3.83. The maximum Gasteiger partial charge on any atom is 0.0654 e. The molecule has 0 aliphatic carbocycles. The van der Waals surface area contributed by atoms with E-state index in [2.05, 4.69) is 22.1 Å². The lowest BCUT2D eigenvalue weighted by Gasteiger charge is -2.09. The van der Waals surface area contributed by atoms with Gasteiger partial charge in [-0.25, -0.2) is 0 Å². The molecule has 0 atom stereocenters. The van der Waals surface area contributed by atoms with Crippen LogP contribution in [0.3, 0.4) is 0 Å². The summed E-state index contributed by atoms with van der Waals surface area (Å²) in [5.74, 6) is 0. The molecule has 4 N–H and O–H groups in total. The molecule has 27 heavy (non-hydrogen) atoms. The smallest absolute Gasteiger partial charge is 0.0654 e. The number of benzene rings is 2. The van der Waals surface area contributed by atoms with Crippen LogP contribution in [0, 0.1) is 0 Å². The minimum absolute atomic E-state index is 0.567. The van der Waals surface area contributed by atoms with E-state index in [0.29, 0.717) is 17.9 Å². The van der Waals surface area contributed by atoms with Crippen molar-refractivity contribution in [1.82, 2.24) is 4.98 Å². The average Bonchev–Trinajstić information content (AvgIpc) is 2.74. The number of nitrogens with zero attached hydrogens (tertiary/aromatic N) is 2. The second-order valence-corrected chi connectivity index (χ2v) is 5.64. The van der Waals surface area contributed by atoms with E-state index in [-0.39, 0.29) is 0 Å². The van der Waals surface area contributed by atoms with Crippen molar-refractivity contribution in [3.8, 4) is 11.1 Å². The molecule has 0 fully saturated rings. The molecule has 0 aliphatic rings. The van der Waals surface area contributed by atoms with Gasteiger partial charge in [0.2, 0.25) is 0 Å². The number of nitrogens with two attached hydrogens (primary N) is 2.